The van der Waals surface area contributed by atoms with Crippen molar-refractivity contribution in [1.82, 2.24) is 4.98 Å². The van der Waals surface area contributed by atoms with E-state index in [2.05, 4.69) is 15.6 Å². The first-order valence-electron chi connectivity index (χ1n) is 5.78. The fourth-order valence-corrected chi connectivity index (χ4v) is 2.37. The lowest BCUT2D eigenvalue weighted by Gasteiger charge is -2.12. The Hall–Kier alpha value is -1.53. The zero-order valence-electron chi connectivity index (χ0n) is 10.5. The van der Waals surface area contributed by atoms with Gasteiger partial charge in [0, 0.05) is 27.5 Å². The lowest BCUT2D eigenvalue weighted by molar-refractivity contribution is 0.262. The topological polar surface area (TPSA) is 74.2 Å². The lowest BCUT2D eigenvalue weighted by Crippen LogP contribution is -2.20. The highest BCUT2D eigenvalue weighted by Gasteiger charge is 2.11. The maximum Gasteiger partial charge on any atom is 0.323 e. The molecule has 21 heavy (non-hydrogen) atoms. The molecule has 0 aliphatic carbocycles. The molecule has 0 saturated heterocycles. The van der Waals surface area contributed by atoms with E-state index in [4.69, 9.17) is 34.8 Å². The second-order valence-electron chi connectivity index (χ2n) is 4.02. The van der Waals surface area contributed by atoms with Crippen molar-refractivity contribution in [3.8, 4) is 0 Å². The van der Waals surface area contributed by atoms with Crippen LogP contribution in [0, 0.1) is 0 Å². The van der Waals surface area contributed by atoms with E-state index in [9.17, 15) is 9.90 Å². The first kappa shape index (κ1) is 15.9. The Morgan fingerprint density at radius 3 is 2.62 bits per heavy atom. The summed E-state index contributed by atoms with van der Waals surface area (Å²) in [6.07, 6.45) is 1.47. The molecule has 0 saturated carbocycles. The van der Waals surface area contributed by atoms with Crippen molar-refractivity contribution in [2.75, 3.05) is 10.6 Å². The molecule has 3 N–H and O–H groups in total. The summed E-state index contributed by atoms with van der Waals surface area (Å²) in [7, 11) is 0. The number of anilines is 2. The summed E-state index contributed by atoms with van der Waals surface area (Å²) in [4.78, 5) is 15.7. The molecule has 2 amide bonds. The normalized spacial score (nSPS) is 10.3. The Balaban J connectivity index is 2.16. The van der Waals surface area contributed by atoms with Crippen molar-refractivity contribution in [2.24, 2.45) is 0 Å². The van der Waals surface area contributed by atoms with Gasteiger partial charge in [0.05, 0.1) is 12.3 Å². The SMILES string of the molecule is O=C(Nc1ccnc(Cl)c1)Nc1cc(Cl)cc(Cl)c1CO. The number of amides is 2. The molecule has 8 heteroatoms. The van der Waals surface area contributed by atoms with Crippen LogP contribution in [0.5, 0.6) is 0 Å². The summed E-state index contributed by atoms with van der Waals surface area (Å²) in [6, 6.07) is 5.55. The molecule has 0 radical (unpaired) electrons. The zero-order valence-corrected chi connectivity index (χ0v) is 12.8. The third-order valence-corrected chi connectivity index (χ3v) is 3.31. The van der Waals surface area contributed by atoms with Crippen molar-refractivity contribution in [1.29, 1.82) is 0 Å². The van der Waals surface area contributed by atoms with Crippen LogP contribution in [0.15, 0.2) is 30.5 Å². The highest BCUT2D eigenvalue weighted by molar-refractivity contribution is 6.35. The maximum atomic E-state index is 11.9. The van der Waals surface area contributed by atoms with E-state index in [0.29, 0.717) is 22.0 Å². The van der Waals surface area contributed by atoms with Crippen LogP contribution < -0.4 is 10.6 Å². The van der Waals surface area contributed by atoms with Gasteiger partial charge in [0.25, 0.3) is 0 Å². The van der Waals surface area contributed by atoms with Crippen LogP contribution in [0.3, 0.4) is 0 Å². The number of aromatic nitrogens is 1. The Kier molecular flexibility index (Phi) is 5.25. The Bertz CT molecular complexity index is 680. The number of benzene rings is 1. The minimum atomic E-state index is -0.523. The van der Waals surface area contributed by atoms with Crippen molar-refractivity contribution < 1.29 is 9.90 Å². The minimum Gasteiger partial charge on any atom is -0.392 e. The summed E-state index contributed by atoms with van der Waals surface area (Å²) >= 11 is 17.6. The molecule has 1 aromatic carbocycles. The molecule has 1 aromatic heterocycles. The van der Waals surface area contributed by atoms with Crippen LogP contribution in [0.1, 0.15) is 5.56 Å². The first-order valence-corrected chi connectivity index (χ1v) is 6.91. The van der Waals surface area contributed by atoms with E-state index in [1.165, 1.54) is 24.4 Å². The Morgan fingerprint density at radius 2 is 1.95 bits per heavy atom. The molecule has 0 unspecified atom stereocenters. The molecule has 0 atom stereocenters. The number of halogens is 3. The zero-order chi connectivity index (χ0) is 15.4. The molecule has 5 nitrogen and oxygen atoms in total. The van der Waals surface area contributed by atoms with Gasteiger partial charge in [-0.15, -0.1) is 0 Å². The largest absolute Gasteiger partial charge is 0.392 e. The van der Waals surface area contributed by atoms with Crippen molar-refractivity contribution in [3.63, 3.8) is 0 Å². The Labute approximate surface area is 135 Å². The van der Waals surface area contributed by atoms with Crippen LogP contribution in [0.4, 0.5) is 16.2 Å². The molecule has 0 aliphatic rings. The average molecular weight is 347 g/mol. The van der Waals surface area contributed by atoms with Crippen LogP contribution >= 0.6 is 34.8 Å². The molecule has 0 fully saturated rings. The number of aliphatic hydroxyl groups excluding tert-OH is 1. The predicted octanol–water partition coefficient (Wildman–Crippen LogP) is 4.18. The second-order valence-corrected chi connectivity index (χ2v) is 5.25. The van der Waals surface area contributed by atoms with E-state index in [0.717, 1.165) is 0 Å². The number of aliphatic hydroxyl groups is 1. The molecule has 2 rings (SSSR count). The maximum absolute atomic E-state index is 11.9. The third kappa shape index (κ3) is 4.22. The van der Waals surface area contributed by atoms with Crippen molar-refractivity contribution in [2.45, 2.75) is 6.61 Å². The van der Waals surface area contributed by atoms with Crippen LogP contribution in [0.25, 0.3) is 0 Å². The quantitative estimate of drug-likeness (QED) is 0.730. The van der Waals surface area contributed by atoms with Gasteiger partial charge in [-0.1, -0.05) is 34.8 Å². The molecule has 2 aromatic rings. The number of hydrogen-bond acceptors (Lipinski definition) is 3. The van der Waals surface area contributed by atoms with Crippen molar-refractivity contribution >= 4 is 52.2 Å². The standard InChI is InChI=1S/C13H10Cl3N3O2/c14-7-3-10(15)9(6-20)11(4-7)19-13(21)18-8-1-2-17-12(16)5-8/h1-5,20H,6H2,(H2,17,18,19,21). The van der Waals surface area contributed by atoms with Crippen LogP contribution in [-0.4, -0.2) is 16.1 Å². The lowest BCUT2D eigenvalue weighted by atomic mass is 10.2. The van der Waals surface area contributed by atoms with Gasteiger partial charge in [0.15, 0.2) is 0 Å². The number of urea groups is 1. The smallest absolute Gasteiger partial charge is 0.323 e. The van der Waals surface area contributed by atoms with Gasteiger partial charge in [-0.05, 0) is 24.3 Å². The van der Waals surface area contributed by atoms with Gasteiger partial charge in [-0.3, -0.25) is 0 Å². The van der Waals surface area contributed by atoms with Gasteiger partial charge in [0.2, 0.25) is 0 Å². The predicted molar refractivity (Wildman–Crippen MR) is 84.3 cm³/mol. The molecule has 1 heterocycles. The summed E-state index contributed by atoms with van der Waals surface area (Å²) in [5.41, 5.74) is 1.18. The fourth-order valence-electron chi connectivity index (χ4n) is 1.64. The first-order chi connectivity index (χ1) is 9.99. The number of carbonyl (C=O) groups excluding carboxylic acids is 1. The number of carbonyl (C=O) groups is 1. The van der Waals surface area contributed by atoms with E-state index in [-0.39, 0.29) is 16.8 Å². The Morgan fingerprint density at radius 1 is 1.19 bits per heavy atom. The molecular weight excluding hydrogens is 337 g/mol. The van der Waals surface area contributed by atoms with E-state index >= 15 is 0 Å². The number of pyridine rings is 1. The van der Waals surface area contributed by atoms with Crippen molar-refractivity contribution in [3.05, 3.63) is 51.2 Å². The number of hydrogen-bond donors (Lipinski definition) is 3. The van der Waals surface area contributed by atoms with Gasteiger partial charge in [0.1, 0.15) is 5.15 Å². The summed E-state index contributed by atoms with van der Waals surface area (Å²) in [5, 5.41) is 15.3. The summed E-state index contributed by atoms with van der Waals surface area (Å²) < 4.78 is 0. The van der Waals surface area contributed by atoms with Gasteiger partial charge < -0.3 is 15.7 Å². The molecule has 0 spiro atoms. The van der Waals surface area contributed by atoms with E-state index < -0.39 is 6.03 Å². The van der Waals surface area contributed by atoms with Gasteiger partial charge in [-0.2, -0.15) is 0 Å². The number of rotatable bonds is 3. The molecule has 0 bridgehead atoms. The van der Waals surface area contributed by atoms with Crippen LogP contribution in [0.2, 0.25) is 15.2 Å². The minimum absolute atomic E-state index is 0.259. The molecule has 0 aliphatic heterocycles. The third-order valence-electron chi connectivity index (χ3n) is 2.55. The fraction of sp³-hybridized carbons (Fsp3) is 0.0769. The van der Waals surface area contributed by atoms with Gasteiger partial charge in [-0.25, -0.2) is 9.78 Å². The van der Waals surface area contributed by atoms with Gasteiger partial charge >= 0.3 is 6.03 Å². The van der Waals surface area contributed by atoms with Crippen LogP contribution in [-0.2, 0) is 6.61 Å². The second kappa shape index (κ2) is 6.95. The monoisotopic (exact) mass is 345 g/mol. The average Bonchev–Trinajstić information content (AvgIpc) is 2.37. The highest BCUT2D eigenvalue weighted by Crippen LogP contribution is 2.29. The molecule has 110 valence electrons. The van der Waals surface area contributed by atoms with E-state index in [1.807, 2.05) is 0 Å². The number of nitrogens with zero attached hydrogens (tertiary/aromatic N) is 1. The number of nitrogens with one attached hydrogen (secondary N) is 2. The molecular formula is C13H10Cl3N3O2. The summed E-state index contributed by atoms with van der Waals surface area (Å²) in [6.45, 7) is -0.327. The summed E-state index contributed by atoms with van der Waals surface area (Å²) in [5.74, 6) is 0. The highest BCUT2D eigenvalue weighted by atomic mass is 35.5. The van der Waals surface area contributed by atoms with E-state index in [1.54, 1.807) is 6.07 Å².